The van der Waals surface area contributed by atoms with Crippen LogP contribution in [0.4, 0.5) is 0 Å². The van der Waals surface area contributed by atoms with E-state index in [0.717, 1.165) is 60.6 Å². The molecule has 40 heavy (non-hydrogen) atoms. The zero-order valence-corrected chi connectivity index (χ0v) is 23.4. The Balaban J connectivity index is 1.58. The van der Waals surface area contributed by atoms with Gasteiger partial charge in [0.25, 0.3) is 0 Å². The van der Waals surface area contributed by atoms with E-state index in [2.05, 4.69) is 18.2 Å². The number of halogens is 1. The third-order valence-corrected chi connectivity index (χ3v) is 9.84. The maximum absolute atomic E-state index is 14.0. The SMILES string of the molecule is Cc1ccc(S(=O)(=O)N2Cc3c(c(-c4ccccc4)c4c(cnc5ccccc54)c3-c3ccc(Cl)cc3)C2)cc1. The molecule has 1 aliphatic heterocycles. The predicted octanol–water partition coefficient (Wildman–Crippen LogP) is 8.39. The number of para-hydroxylation sites is 1. The van der Waals surface area contributed by atoms with Crippen molar-refractivity contribution in [2.45, 2.75) is 24.9 Å². The van der Waals surface area contributed by atoms with Crippen LogP contribution in [-0.2, 0) is 23.1 Å². The van der Waals surface area contributed by atoms with Crippen LogP contribution in [0.15, 0.2) is 114 Å². The van der Waals surface area contributed by atoms with Gasteiger partial charge in [-0.05, 0) is 70.6 Å². The first-order valence-electron chi connectivity index (χ1n) is 13.1. The van der Waals surface area contributed by atoms with Crippen LogP contribution in [0.25, 0.3) is 43.9 Å². The second-order valence-corrected chi connectivity index (χ2v) is 12.6. The van der Waals surface area contributed by atoms with Crippen LogP contribution in [0, 0.1) is 6.92 Å². The van der Waals surface area contributed by atoms with Gasteiger partial charge in [-0.15, -0.1) is 0 Å². The molecule has 4 nitrogen and oxygen atoms in total. The summed E-state index contributed by atoms with van der Waals surface area (Å²) < 4.78 is 29.5. The Morgan fingerprint density at radius 2 is 1.32 bits per heavy atom. The lowest BCUT2D eigenvalue weighted by atomic mass is 9.84. The van der Waals surface area contributed by atoms with Crippen molar-refractivity contribution in [1.29, 1.82) is 0 Å². The summed E-state index contributed by atoms with van der Waals surface area (Å²) in [5.74, 6) is 0. The lowest BCUT2D eigenvalue weighted by molar-refractivity contribution is 0.432. The quantitative estimate of drug-likeness (QED) is 0.203. The maximum Gasteiger partial charge on any atom is 0.243 e. The highest BCUT2D eigenvalue weighted by Crippen LogP contribution is 2.48. The van der Waals surface area contributed by atoms with Gasteiger partial charge >= 0.3 is 0 Å². The molecule has 0 unspecified atom stereocenters. The predicted molar refractivity (Wildman–Crippen MR) is 163 cm³/mol. The highest BCUT2D eigenvalue weighted by molar-refractivity contribution is 7.89. The molecule has 0 radical (unpaired) electrons. The molecule has 1 aromatic heterocycles. The van der Waals surface area contributed by atoms with Gasteiger partial charge in [0, 0.05) is 40.5 Å². The second kappa shape index (κ2) is 9.56. The van der Waals surface area contributed by atoms with Gasteiger partial charge in [0.05, 0.1) is 10.4 Å². The van der Waals surface area contributed by atoms with Crippen LogP contribution in [0.5, 0.6) is 0 Å². The van der Waals surface area contributed by atoms with E-state index in [1.165, 1.54) is 0 Å². The number of pyridine rings is 1. The molecule has 7 rings (SSSR count). The van der Waals surface area contributed by atoms with Crippen molar-refractivity contribution in [2.24, 2.45) is 0 Å². The number of benzene rings is 5. The smallest absolute Gasteiger partial charge is 0.243 e. The highest BCUT2D eigenvalue weighted by atomic mass is 35.5. The molecule has 0 atom stereocenters. The first-order chi connectivity index (χ1) is 19.4. The van der Waals surface area contributed by atoms with Crippen molar-refractivity contribution >= 4 is 43.3 Å². The summed E-state index contributed by atoms with van der Waals surface area (Å²) in [6.45, 7) is 2.51. The molecule has 0 saturated heterocycles. The molecule has 0 amide bonds. The molecule has 0 saturated carbocycles. The number of hydrogen-bond acceptors (Lipinski definition) is 3. The summed E-state index contributed by atoms with van der Waals surface area (Å²) in [6, 6.07) is 33.3. The van der Waals surface area contributed by atoms with Gasteiger partial charge in [0.1, 0.15) is 0 Å². The lowest BCUT2D eigenvalue weighted by Gasteiger charge is -2.20. The summed E-state index contributed by atoms with van der Waals surface area (Å²) >= 11 is 6.28. The van der Waals surface area contributed by atoms with E-state index in [1.807, 2.05) is 85.9 Å². The van der Waals surface area contributed by atoms with Crippen molar-refractivity contribution in [3.05, 3.63) is 131 Å². The van der Waals surface area contributed by atoms with Crippen LogP contribution in [0.2, 0.25) is 5.02 Å². The van der Waals surface area contributed by atoms with Gasteiger partial charge in [-0.1, -0.05) is 90.0 Å². The normalized spacial score (nSPS) is 13.7. The van der Waals surface area contributed by atoms with Gasteiger partial charge in [-0.3, -0.25) is 4.98 Å². The van der Waals surface area contributed by atoms with Crippen LogP contribution >= 0.6 is 11.6 Å². The molecule has 1 aliphatic rings. The van der Waals surface area contributed by atoms with E-state index < -0.39 is 10.0 Å². The first kappa shape index (κ1) is 25.0. The van der Waals surface area contributed by atoms with Crippen molar-refractivity contribution in [3.63, 3.8) is 0 Å². The van der Waals surface area contributed by atoms with Crippen LogP contribution in [-0.4, -0.2) is 17.7 Å². The molecule has 0 N–H and O–H groups in total. The topological polar surface area (TPSA) is 50.3 Å². The van der Waals surface area contributed by atoms with E-state index in [0.29, 0.717) is 9.92 Å². The molecule has 5 aromatic carbocycles. The molecule has 6 heteroatoms. The van der Waals surface area contributed by atoms with Crippen molar-refractivity contribution in [1.82, 2.24) is 9.29 Å². The Kier molecular flexibility index (Phi) is 5.97. The minimum absolute atomic E-state index is 0.270. The molecule has 0 aliphatic carbocycles. The molecule has 0 spiro atoms. The molecule has 196 valence electrons. The Morgan fingerprint density at radius 3 is 2.05 bits per heavy atom. The molecule has 6 aromatic rings. The number of sulfonamides is 1. The molecule has 0 bridgehead atoms. The third-order valence-electron chi connectivity index (χ3n) is 7.79. The average molecular weight is 561 g/mol. The number of rotatable bonds is 4. The van der Waals surface area contributed by atoms with E-state index in [9.17, 15) is 8.42 Å². The fourth-order valence-electron chi connectivity index (χ4n) is 5.87. The Morgan fingerprint density at radius 1 is 0.700 bits per heavy atom. The van der Waals surface area contributed by atoms with E-state index in [4.69, 9.17) is 16.6 Å². The number of hydrogen-bond donors (Lipinski definition) is 0. The van der Waals surface area contributed by atoms with Crippen LogP contribution in [0.3, 0.4) is 0 Å². The van der Waals surface area contributed by atoms with E-state index >= 15 is 0 Å². The minimum Gasteiger partial charge on any atom is -0.256 e. The monoisotopic (exact) mass is 560 g/mol. The summed E-state index contributed by atoms with van der Waals surface area (Å²) in [4.78, 5) is 5.14. The molecular weight excluding hydrogens is 536 g/mol. The number of nitrogens with zero attached hydrogens (tertiary/aromatic N) is 2. The summed E-state index contributed by atoms with van der Waals surface area (Å²) in [5, 5.41) is 3.76. The van der Waals surface area contributed by atoms with E-state index in [-0.39, 0.29) is 13.1 Å². The maximum atomic E-state index is 14.0. The van der Waals surface area contributed by atoms with Gasteiger partial charge in [0.2, 0.25) is 10.0 Å². The van der Waals surface area contributed by atoms with Crippen molar-refractivity contribution in [3.8, 4) is 22.3 Å². The number of fused-ring (bicyclic) bond motifs is 4. The van der Waals surface area contributed by atoms with Crippen molar-refractivity contribution < 1.29 is 8.42 Å². The minimum atomic E-state index is -3.73. The van der Waals surface area contributed by atoms with Gasteiger partial charge in [-0.25, -0.2) is 8.42 Å². The summed E-state index contributed by atoms with van der Waals surface area (Å²) in [7, 11) is -3.73. The Bertz CT molecular complexity index is 2020. The van der Waals surface area contributed by atoms with Gasteiger partial charge in [-0.2, -0.15) is 4.31 Å². The van der Waals surface area contributed by atoms with Gasteiger partial charge < -0.3 is 0 Å². The lowest BCUT2D eigenvalue weighted by Crippen LogP contribution is -2.25. The van der Waals surface area contributed by atoms with Crippen LogP contribution in [0.1, 0.15) is 16.7 Å². The summed E-state index contributed by atoms with van der Waals surface area (Å²) in [6.07, 6.45) is 1.94. The Hall–Kier alpha value is -4.03. The average Bonchev–Trinajstić information content (AvgIpc) is 3.43. The largest absolute Gasteiger partial charge is 0.256 e. The number of aryl methyl sites for hydroxylation is 1. The molecule has 0 fully saturated rings. The van der Waals surface area contributed by atoms with Gasteiger partial charge in [0.15, 0.2) is 0 Å². The third kappa shape index (κ3) is 4.01. The first-order valence-corrected chi connectivity index (χ1v) is 15.0. The van der Waals surface area contributed by atoms with Crippen molar-refractivity contribution in [2.75, 3.05) is 0 Å². The zero-order valence-electron chi connectivity index (χ0n) is 21.8. The zero-order chi connectivity index (χ0) is 27.4. The van der Waals surface area contributed by atoms with E-state index in [1.54, 1.807) is 16.4 Å². The fraction of sp³-hybridized carbons (Fsp3) is 0.0882. The molecular formula is C34H25ClN2O2S. The number of aromatic nitrogens is 1. The molecule has 2 heterocycles. The fourth-order valence-corrected chi connectivity index (χ4v) is 7.37. The second-order valence-electron chi connectivity index (χ2n) is 10.2. The van der Waals surface area contributed by atoms with Crippen LogP contribution < -0.4 is 0 Å². The Labute approximate surface area is 238 Å². The summed E-state index contributed by atoms with van der Waals surface area (Å²) in [5.41, 5.74) is 8.04. The highest BCUT2D eigenvalue weighted by Gasteiger charge is 2.36. The standard InChI is InChI=1S/C34H25ClN2O2S/c1-22-11-17-26(18-12-22)40(38,39)37-20-29-30(21-37)33(23-7-3-2-4-8-23)34-27-9-5-6-10-31(27)36-19-28(34)32(29)24-13-15-25(35)16-14-24/h2-19H,20-21H2,1H3.